The molecule has 0 bridgehead atoms. The molecule has 1 aliphatic heterocycles. The Balaban J connectivity index is 2.09. The van der Waals surface area contributed by atoms with E-state index in [4.69, 9.17) is 4.74 Å². The SMILES string of the molecule is CC(NC1COC1)c1cccc(F)c1F. The van der Waals surface area contributed by atoms with Crippen molar-refractivity contribution in [2.75, 3.05) is 13.2 Å². The van der Waals surface area contributed by atoms with Gasteiger partial charge in [0, 0.05) is 11.6 Å². The van der Waals surface area contributed by atoms with Crippen LogP contribution in [-0.2, 0) is 4.74 Å². The van der Waals surface area contributed by atoms with Crippen LogP contribution in [0.5, 0.6) is 0 Å². The van der Waals surface area contributed by atoms with E-state index in [0.29, 0.717) is 18.8 Å². The van der Waals surface area contributed by atoms with Gasteiger partial charge in [0.25, 0.3) is 0 Å². The van der Waals surface area contributed by atoms with Gasteiger partial charge in [-0.05, 0) is 13.0 Å². The van der Waals surface area contributed by atoms with E-state index >= 15 is 0 Å². The lowest BCUT2D eigenvalue weighted by Gasteiger charge is -2.30. The maximum Gasteiger partial charge on any atom is 0.163 e. The Hall–Kier alpha value is -1.00. The predicted octanol–water partition coefficient (Wildman–Crippen LogP) is 2.01. The van der Waals surface area contributed by atoms with E-state index in [1.165, 1.54) is 6.07 Å². The highest BCUT2D eigenvalue weighted by Crippen LogP contribution is 2.20. The molecule has 82 valence electrons. The van der Waals surface area contributed by atoms with Gasteiger partial charge in [-0.3, -0.25) is 0 Å². The first-order valence-corrected chi connectivity index (χ1v) is 4.96. The lowest BCUT2D eigenvalue weighted by Crippen LogP contribution is -2.46. The molecule has 0 aromatic heterocycles. The zero-order chi connectivity index (χ0) is 10.8. The van der Waals surface area contributed by atoms with Crippen molar-refractivity contribution in [2.45, 2.75) is 19.0 Å². The van der Waals surface area contributed by atoms with Gasteiger partial charge >= 0.3 is 0 Å². The largest absolute Gasteiger partial charge is 0.378 e. The van der Waals surface area contributed by atoms with Crippen molar-refractivity contribution in [3.05, 3.63) is 35.4 Å². The molecule has 0 amide bonds. The minimum absolute atomic E-state index is 0.199. The van der Waals surface area contributed by atoms with Gasteiger partial charge < -0.3 is 10.1 Å². The van der Waals surface area contributed by atoms with Crippen molar-refractivity contribution < 1.29 is 13.5 Å². The highest BCUT2D eigenvalue weighted by molar-refractivity contribution is 5.22. The number of hydrogen-bond acceptors (Lipinski definition) is 2. The number of hydrogen-bond donors (Lipinski definition) is 1. The van der Waals surface area contributed by atoms with Crippen molar-refractivity contribution in [3.63, 3.8) is 0 Å². The summed E-state index contributed by atoms with van der Waals surface area (Å²) < 4.78 is 31.3. The normalized spacial score (nSPS) is 18.6. The summed E-state index contributed by atoms with van der Waals surface area (Å²) in [7, 11) is 0. The maximum atomic E-state index is 13.4. The summed E-state index contributed by atoms with van der Waals surface area (Å²) >= 11 is 0. The van der Waals surface area contributed by atoms with Crippen molar-refractivity contribution in [2.24, 2.45) is 0 Å². The molecule has 2 rings (SSSR count). The molecule has 0 saturated carbocycles. The molecule has 1 aromatic rings. The molecule has 4 heteroatoms. The minimum atomic E-state index is -0.800. The van der Waals surface area contributed by atoms with Crippen LogP contribution in [0.15, 0.2) is 18.2 Å². The summed E-state index contributed by atoms with van der Waals surface area (Å²) in [6.45, 7) is 3.10. The van der Waals surface area contributed by atoms with Crippen LogP contribution < -0.4 is 5.32 Å². The summed E-state index contributed by atoms with van der Waals surface area (Å²) in [6, 6.07) is 4.29. The third-order valence-corrected chi connectivity index (χ3v) is 2.57. The van der Waals surface area contributed by atoms with Crippen LogP contribution in [0.25, 0.3) is 0 Å². The van der Waals surface area contributed by atoms with Crippen LogP contribution in [0.1, 0.15) is 18.5 Å². The van der Waals surface area contributed by atoms with Gasteiger partial charge in [-0.15, -0.1) is 0 Å². The molecule has 1 aliphatic rings. The Bertz CT molecular complexity index is 352. The second kappa shape index (κ2) is 4.24. The van der Waals surface area contributed by atoms with Gasteiger partial charge in [0.15, 0.2) is 11.6 Å². The molecule has 0 spiro atoms. The summed E-state index contributed by atoms with van der Waals surface area (Å²) in [5.41, 5.74) is 0.363. The monoisotopic (exact) mass is 213 g/mol. The first kappa shape index (κ1) is 10.5. The zero-order valence-electron chi connectivity index (χ0n) is 8.47. The predicted molar refractivity (Wildman–Crippen MR) is 52.5 cm³/mol. The van der Waals surface area contributed by atoms with Gasteiger partial charge in [-0.25, -0.2) is 8.78 Å². The van der Waals surface area contributed by atoms with Gasteiger partial charge in [-0.1, -0.05) is 12.1 Å². The van der Waals surface area contributed by atoms with E-state index in [1.807, 2.05) is 6.92 Å². The fourth-order valence-electron chi connectivity index (χ4n) is 1.63. The zero-order valence-corrected chi connectivity index (χ0v) is 8.47. The summed E-state index contributed by atoms with van der Waals surface area (Å²) in [5.74, 6) is -1.57. The van der Waals surface area contributed by atoms with Crippen molar-refractivity contribution >= 4 is 0 Å². The van der Waals surface area contributed by atoms with Crippen LogP contribution in [0.3, 0.4) is 0 Å². The van der Waals surface area contributed by atoms with E-state index < -0.39 is 11.6 Å². The van der Waals surface area contributed by atoms with E-state index in [0.717, 1.165) is 6.07 Å². The second-order valence-electron chi connectivity index (χ2n) is 3.77. The third kappa shape index (κ3) is 2.16. The van der Waals surface area contributed by atoms with Gasteiger partial charge in [-0.2, -0.15) is 0 Å². The first-order chi connectivity index (χ1) is 7.18. The molecule has 1 saturated heterocycles. The molecule has 1 aromatic carbocycles. The number of benzene rings is 1. The van der Waals surface area contributed by atoms with Gasteiger partial charge in [0.2, 0.25) is 0 Å². The third-order valence-electron chi connectivity index (χ3n) is 2.57. The number of halogens is 2. The van der Waals surface area contributed by atoms with Crippen LogP contribution in [0.2, 0.25) is 0 Å². The maximum absolute atomic E-state index is 13.4. The first-order valence-electron chi connectivity index (χ1n) is 4.96. The molecule has 1 unspecified atom stereocenters. The van der Waals surface area contributed by atoms with E-state index in [2.05, 4.69) is 5.32 Å². The Morgan fingerprint density at radius 2 is 2.13 bits per heavy atom. The Labute approximate surface area is 87.2 Å². The fraction of sp³-hybridized carbons (Fsp3) is 0.455. The summed E-state index contributed by atoms with van der Waals surface area (Å²) in [4.78, 5) is 0. The average Bonchev–Trinajstić information content (AvgIpc) is 2.15. The van der Waals surface area contributed by atoms with Gasteiger partial charge in [0.05, 0.1) is 19.3 Å². The van der Waals surface area contributed by atoms with Crippen LogP contribution in [0.4, 0.5) is 8.78 Å². The van der Waals surface area contributed by atoms with Gasteiger partial charge in [0.1, 0.15) is 0 Å². The minimum Gasteiger partial charge on any atom is -0.378 e. The number of nitrogens with one attached hydrogen (secondary N) is 1. The molecular formula is C11H13F2NO. The highest BCUT2D eigenvalue weighted by Gasteiger charge is 2.22. The summed E-state index contributed by atoms with van der Waals surface area (Å²) in [5, 5.41) is 3.17. The van der Waals surface area contributed by atoms with Crippen molar-refractivity contribution in [1.29, 1.82) is 0 Å². The Kier molecular flexibility index (Phi) is 2.98. The highest BCUT2D eigenvalue weighted by atomic mass is 19.2. The lowest BCUT2D eigenvalue weighted by molar-refractivity contribution is -0.00942. The van der Waals surface area contributed by atoms with Crippen molar-refractivity contribution in [1.82, 2.24) is 5.32 Å². The quantitative estimate of drug-likeness (QED) is 0.829. The molecule has 2 nitrogen and oxygen atoms in total. The summed E-state index contributed by atoms with van der Waals surface area (Å²) in [6.07, 6.45) is 0. The molecule has 1 heterocycles. The van der Waals surface area contributed by atoms with Crippen LogP contribution in [-0.4, -0.2) is 19.3 Å². The molecular weight excluding hydrogens is 200 g/mol. The Morgan fingerprint density at radius 3 is 2.73 bits per heavy atom. The fourth-order valence-corrected chi connectivity index (χ4v) is 1.63. The number of ether oxygens (including phenoxy) is 1. The standard InChI is InChI=1S/C11H13F2NO/c1-7(14-8-5-15-6-8)9-3-2-4-10(12)11(9)13/h2-4,7-8,14H,5-6H2,1H3. The second-order valence-corrected chi connectivity index (χ2v) is 3.77. The van der Waals surface area contributed by atoms with Crippen LogP contribution >= 0.6 is 0 Å². The number of rotatable bonds is 3. The topological polar surface area (TPSA) is 21.3 Å². The van der Waals surface area contributed by atoms with E-state index in [-0.39, 0.29) is 12.1 Å². The smallest absolute Gasteiger partial charge is 0.163 e. The van der Waals surface area contributed by atoms with E-state index in [9.17, 15) is 8.78 Å². The Morgan fingerprint density at radius 1 is 1.40 bits per heavy atom. The van der Waals surface area contributed by atoms with E-state index in [1.54, 1.807) is 6.07 Å². The molecule has 0 radical (unpaired) electrons. The molecule has 1 N–H and O–H groups in total. The molecule has 15 heavy (non-hydrogen) atoms. The molecule has 1 fully saturated rings. The van der Waals surface area contributed by atoms with Crippen LogP contribution in [0, 0.1) is 11.6 Å². The average molecular weight is 213 g/mol. The molecule has 0 aliphatic carbocycles. The molecule has 1 atom stereocenters. The van der Waals surface area contributed by atoms with Crippen molar-refractivity contribution in [3.8, 4) is 0 Å². The lowest BCUT2D eigenvalue weighted by atomic mass is 10.1.